The molecule has 1 heteroatoms. The number of benzene rings is 1. The molecule has 2 rings (SSSR count). The van der Waals surface area contributed by atoms with E-state index in [1.54, 1.807) is 7.11 Å². The minimum atomic E-state index is 0.717. The van der Waals surface area contributed by atoms with E-state index in [0.717, 1.165) is 11.8 Å². The van der Waals surface area contributed by atoms with Crippen molar-refractivity contribution in [2.24, 2.45) is 5.92 Å². The van der Waals surface area contributed by atoms with Crippen LogP contribution in [0.3, 0.4) is 0 Å². The van der Waals surface area contributed by atoms with Crippen LogP contribution in [-0.4, -0.2) is 7.11 Å². The van der Waals surface area contributed by atoms with Gasteiger partial charge in [0.05, 0.1) is 6.61 Å². The monoisotopic (exact) mass is 244 g/mol. The van der Waals surface area contributed by atoms with Crippen LogP contribution in [0.15, 0.2) is 36.4 Å². The summed E-state index contributed by atoms with van der Waals surface area (Å²) in [5.74, 6) is 1.59. The van der Waals surface area contributed by atoms with Gasteiger partial charge >= 0.3 is 0 Å². The Morgan fingerprint density at radius 2 is 1.78 bits per heavy atom. The van der Waals surface area contributed by atoms with Crippen LogP contribution in [-0.2, 0) is 11.3 Å². The Balaban J connectivity index is 1.92. The fraction of sp³-hybridized carbons (Fsp3) is 0.529. The lowest BCUT2D eigenvalue weighted by Crippen LogP contribution is -2.11. The third-order valence-electron chi connectivity index (χ3n) is 4.00. The second kappa shape index (κ2) is 6.75. The summed E-state index contributed by atoms with van der Waals surface area (Å²) in [5.41, 5.74) is 2.78. The fourth-order valence-corrected chi connectivity index (χ4v) is 2.97. The van der Waals surface area contributed by atoms with E-state index in [-0.39, 0.29) is 0 Å². The van der Waals surface area contributed by atoms with E-state index >= 15 is 0 Å². The largest absolute Gasteiger partial charge is 0.380 e. The normalized spacial score (nSPS) is 24.6. The van der Waals surface area contributed by atoms with Gasteiger partial charge in [-0.05, 0) is 55.6 Å². The van der Waals surface area contributed by atoms with Gasteiger partial charge in [0.2, 0.25) is 0 Å². The maximum Gasteiger partial charge on any atom is 0.0713 e. The van der Waals surface area contributed by atoms with E-state index < -0.39 is 0 Å². The van der Waals surface area contributed by atoms with Crippen molar-refractivity contribution in [2.75, 3.05) is 7.11 Å². The zero-order valence-electron chi connectivity index (χ0n) is 11.6. The summed E-state index contributed by atoms with van der Waals surface area (Å²) in [6.07, 6.45) is 9.92. The number of rotatable bonds is 4. The molecule has 1 aromatic rings. The summed E-state index contributed by atoms with van der Waals surface area (Å²) >= 11 is 0. The summed E-state index contributed by atoms with van der Waals surface area (Å²) in [7, 11) is 1.75. The van der Waals surface area contributed by atoms with E-state index in [1.165, 1.54) is 36.8 Å². The van der Waals surface area contributed by atoms with Crippen molar-refractivity contribution in [1.82, 2.24) is 0 Å². The summed E-state index contributed by atoms with van der Waals surface area (Å²) < 4.78 is 5.15. The van der Waals surface area contributed by atoms with Crippen LogP contribution in [0, 0.1) is 5.92 Å². The average Bonchev–Trinajstić information content (AvgIpc) is 2.41. The average molecular weight is 244 g/mol. The van der Waals surface area contributed by atoms with Gasteiger partial charge in [-0.2, -0.15) is 0 Å². The zero-order valence-corrected chi connectivity index (χ0v) is 11.6. The molecule has 0 aliphatic heterocycles. The quantitative estimate of drug-likeness (QED) is 0.699. The smallest absolute Gasteiger partial charge is 0.0713 e. The van der Waals surface area contributed by atoms with E-state index in [4.69, 9.17) is 4.74 Å². The van der Waals surface area contributed by atoms with Gasteiger partial charge in [0.15, 0.2) is 0 Å². The topological polar surface area (TPSA) is 9.23 Å². The lowest BCUT2D eigenvalue weighted by atomic mass is 9.78. The Morgan fingerprint density at radius 1 is 1.11 bits per heavy atom. The van der Waals surface area contributed by atoms with E-state index in [1.807, 2.05) is 0 Å². The van der Waals surface area contributed by atoms with Crippen molar-refractivity contribution in [3.8, 4) is 0 Å². The van der Waals surface area contributed by atoms with Crippen LogP contribution < -0.4 is 0 Å². The lowest BCUT2D eigenvalue weighted by molar-refractivity contribution is 0.185. The third kappa shape index (κ3) is 3.46. The molecule has 0 aromatic heterocycles. The molecule has 1 fully saturated rings. The van der Waals surface area contributed by atoms with E-state index in [2.05, 4.69) is 43.3 Å². The molecular weight excluding hydrogens is 220 g/mol. The molecule has 0 saturated heterocycles. The second-order valence-corrected chi connectivity index (χ2v) is 5.31. The molecule has 0 atom stereocenters. The first-order valence-corrected chi connectivity index (χ1v) is 7.04. The maximum absolute atomic E-state index is 5.15. The minimum absolute atomic E-state index is 0.717. The number of hydrogen-bond acceptors (Lipinski definition) is 1. The molecule has 18 heavy (non-hydrogen) atoms. The molecule has 1 aliphatic carbocycles. The summed E-state index contributed by atoms with van der Waals surface area (Å²) in [6.45, 7) is 2.84. The maximum atomic E-state index is 5.15. The lowest BCUT2D eigenvalue weighted by Gasteiger charge is -2.27. The van der Waals surface area contributed by atoms with Crippen LogP contribution in [0.2, 0.25) is 0 Å². The highest BCUT2D eigenvalue weighted by Gasteiger charge is 2.20. The van der Waals surface area contributed by atoms with Crippen LogP contribution >= 0.6 is 0 Å². The highest BCUT2D eigenvalue weighted by atomic mass is 16.5. The Kier molecular flexibility index (Phi) is 5.00. The van der Waals surface area contributed by atoms with Gasteiger partial charge in [-0.25, -0.2) is 0 Å². The van der Waals surface area contributed by atoms with Gasteiger partial charge in [0.1, 0.15) is 0 Å². The van der Waals surface area contributed by atoms with Crippen molar-refractivity contribution in [3.63, 3.8) is 0 Å². The molecule has 1 aliphatic rings. The van der Waals surface area contributed by atoms with Gasteiger partial charge in [0, 0.05) is 7.11 Å². The Bertz CT molecular complexity index is 369. The number of ether oxygens (including phenoxy) is 1. The molecule has 0 amide bonds. The van der Waals surface area contributed by atoms with Crippen LogP contribution in [0.4, 0.5) is 0 Å². The van der Waals surface area contributed by atoms with Crippen LogP contribution in [0.5, 0.6) is 0 Å². The van der Waals surface area contributed by atoms with Crippen molar-refractivity contribution in [1.29, 1.82) is 0 Å². The minimum Gasteiger partial charge on any atom is -0.380 e. The number of allylic oxidation sites excluding steroid dienone is 2. The first-order valence-electron chi connectivity index (χ1n) is 7.04. The zero-order chi connectivity index (χ0) is 12.8. The summed E-state index contributed by atoms with van der Waals surface area (Å²) in [6, 6.07) is 8.98. The predicted molar refractivity (Wildman–Crippen MR) is 76.7 cm³/mol. The molecule has 0 unspecified atom stereocenters. The number of methoxy groups -OCH3 is 1. The molecule has 1 saturated carbocycles. The third-order valence-corrected chi connectivity index (χ3v) is 4.00. The van der Waals surface area contributed by atoms with E-state index in [9.17, 15) is 0 Å². The van der Waals surface area contributed by atoms with Gasteiger partial charge in [0.25, 0.3) is 0 Å². The van der Waals surface area contributed by atoms with E-state index in [0.29, 0.717) is 6.61 Å². The Morgan fingerprint density at radius 3 is 2.33 bits per heavy atom. The Labute approximate surface area is 111 Å². The molecule has 0 N–H and O–H groups in total. The molecular formula is C17H24O. The predicted octanol–water partition coefficient (Wildman–Crippen LogP) is 4.68. The molecule has 0 heterocycles. The molecule has 0 radical (unpaired) electrons. The van der Waals surface area contributed by atoms with Gasteiger partial charge in [-0.15, -0.1) is 0 Å². The first-order chi connectivity index (χ1) is 8.83. The molecule has 1 aromatic carbocycles. The van der Waals surface area contributed by atoms with Crippen molar-refractivity contribution in [2.45, 2.75) is 45.1 Å². The molecule has 1 nitrogen and oxygen atoms in total. The van der Waals surface area contributed by atoms with Crippen molar-refractivity contribution >= 4 is 0 Å². The number of hydrogen-bond donors (Lipinski definition) is 0. The highest BCUT2D eigenvalue weighted by molar-refractivity contribution is 5.25. The van der Waals surface area contributed by atoms with Crippen molar-refractivity contribution in [3.05, 3.63) is 47.5 Å². The van der Waals surface area contributed by atoms with Crippen molar-refractivity contribution < 1.29 is 4.74 Å². The highest BCUT2D eigenvalue weighted by Crippen LogP contribution is 2.36. The first kappa shape index (κ1) is 13.4. The SMILES string of the molecule is C/C=C/C1CCC(c2ccc(COC)cc2)CC1. The molecule has 0 spiro atoms. The second-order valence-electron chi connectivity index (χ2n) is 5.31. The summed E-state index contributed by atoms with van der Waals surface area (Å²) in [5, 5.41) is 0. The van der Waals surface area contributed by atoms with Crippen LogP contribution in [0.1, 0.15) is 49.7 Å². The Hall–Kier alpha value is -1.08. The molecule has 98 valence electrons. The fourth-order valence-electron chi connectivity index (χ4n) is 2.97. The van der Waals surface area contributed by atoms with Gasteiger partial charge in [-0.3, -0.25) is 0 Å². The standard InChI is InChI=1S/C17H24O/c1-3-4-14-5-9-16(10-6-14)17-11-7-15(8-12-17)13-18-2/h3-4,7-8,11-12,14,16H,5-6,9-10,13H2,1-2H3/b4-3+. The summed E-state index contributed by atoms with van der Waals surface area (Å²) in [4.78, 5) is 0. The van der Waals surface area contributed by atoms with Gasteiger partial charge in [-0.1, -0.05) is 36.4 Å². The van der Waals surface area contributed by atoms with Crippen LogP contribution in [0.25, 0.3) is 0 Å². The molecule has 0 bridgehead atoms. The van der Waals surface area contributed by atoms with Gasteiger partial charge < -0.3 is 4.74 Å².